The first-order chi connectivity index (χ1) is 10.8. The fourth-order valence-electron chi connectivity index (χ4n) is 6.98. The Labute approximate surface area is 134 Å². The third-order valence-electron chi connectivity index (χ3n) is 7.84. The Kier molecular flexibility index (Phi) is 3.28. The van der Waals surface area contributed by atoms with Crippen molar-refractivity contribution in [2.75, 3.05) is 26.2 Å². The zero-order valence-corrected chi connectivity index (χ0v) is 13.7. The summed E-state index contributed by atoms with van der Waals surface area (Å²) in [5.74, 6) is 6.06. The van der Waals surface area contributed by atoms with E-state index >= 15 is 0 Å². The van der Waals surface area contributed by atoms with Gasteiger partial charge in [0, 0.05) is 19.0 Å². The summed E-state index contributed by atoms with van der Waals surface area (Å²) in [6.07, 6.45) is 9.42. The first-order valence-electron chi connectivity index (χ1n) is 9.77. The van der Waals surface area contributed by atoms with Crippen LogP contribution in [-0.4, -0.2) is 37.0 Å². The number of hydrogen-bond donors (Lipinski definition) is 1. The summed E-state index contributed by atoms with van der Waals surface area (Å²) in [6.45, 7) is 4.43. The van der Waals surface area contributed by atoms with Crippen molar-refractivity contribution in [2.24, 2.45) is 41.4 Å². The van der Waals surface area contributed by atoms with Gasteiger partial charge in [0.15, 0.2) is 0 Å². The molecule has 0 radical (unpaired) electrons. The van der Waals surface area contributed by atoms with Gasteiger partial charge in [-0.1, -0.05) is 0 Å². The van der Waals surface area contributed by atoms with Crippen LogP contribution in [0.4, 0.5) is 0 Å². The van der Waals surface area contributed by atoms with Crippen LogP contribution in [0.3, 0.4) is 0 Å². The maximum absolute atomic E-state index is 13.3. The number of fused-ring (bicyclic) bond motifs is 1. The smallest absolute Gasteiger partial charge is 0.226 e. The van der Waals surface area contributed by atoms with Crippen LogP contribution in [0.1, 0.15) is 44.9 Å². The molecule has 6 rings (SSSR count). The molecule has 4 bridgehead atoms. The van der Waals surface area contributed by atoms with E-state index in [0.717, 1.165) is 48.6 Å². The van der Waals surface area contributed by atoms with Crippen LogP contribution < -0.4 is 5.32 Å². The molecule has 0 unspecified atom stereocenters. The highest BCUT2D eigenvalue weighted by atomic mass is 16.2. The average molecular weight is 302 g/mol. The number of likely N-dealkylation sites (tertiary alicyclic amines) is 1. The average Bonchev–Trinajstić information content (AvgIpc) is 2.84. The fourth-order valence-corrected chi connectivity index (χ4v) is 6.98. The summed E-state index contributed by atoms with van der Waals surface area (Å²) >= 11 is 0. The van der Waals surface area contributed by atoms with Crippen molar-refractivity contribution < 1.29 is 4.79 Å². The molecule has 0 aromatic rings. The lowest BCUT2D eigenvalue weighted by Gasteiger charge is -2.54. The van der Waals surface area contributed by atoms with E-state index in [1.54, 1.807) is 0 Å². The van der Waals surface area contributed by atoms with E-state index in [-0.39, 0.29) is 0 Å². The van der Waals surface area contributed by atoms with Crippen molar-refractivity contribution in [3.8, 4) is 0 Å². The van der Waals surface area contributed by atoms with E-state index in [0.29, 0.717) is 11.8 Å². The van der Waals surface area contributed by atoms with E-state index in [4.69, 9.17) is 0 Å². The van der Waals surface area contributed by atoms with E-state index in [1.165, 1.54) is 58.0 Å². The van der Waals surface area contributed by atoms with Gasteiger partial charge in [0.2, 0.25) is 5.91 Å². The Morgan fingerprint density at radius 1 is 0.773 bits per heavy atom. The first-order valence-corrected chi connectivity index (χ1v) is 9.77. The van der Waals surface area contributed by atoms with Crippen LogP contribution in [-0.2, 0) is 4.79 Å². The van der Waals surface area contributed by atoms with E-state index in [9.17, 15) is 4.79 Å². The van der Waals surface area contributed by atoms with Crippen LogP contribution in [0.15, 0.2) is 0 Å². The molecule has 6 aliphatic rings. The molecule has 4 aliphatic carbocycles. The van der Waals surface area contributed by atoms with Gasteiger partial charge >= 0.3 is 0 Å². The Morgan fingerprint density at radius 3 is 1.86 bits per heavy atom. The minimum absolute atomic E-state index is 0.406. The second kappa shape index (κ2) is 5.22. The maximum Gasteiger partial charge on any atom is 0.226 e. The van der Waals surface area contributed by atoms with Crippen LogP contribution in [0.5, 0.6) is 0 Å². The molecule has 4 saturated carbocycles. The SMILES string of the molecule is O=C(C1C2CC3CC(C2)CC1C3)N1CC[C@@H]2CNC[C@@H]2CC1. The Bertz CT molecular complexity index is 420. The highest BCUT2D eigenvalue weighted by Crippen LogP contribution is 2.57. The predicted molar refractivity (Wildman–Crippen MR) is 86.2 cm³/mol. The lowest BCUT2D eigenvalue weighted by Crippen LogP contribution is -2.52. The summed E-state index contributed by atoms with van der Waals surface area (Å²) < 4.78 is 0. The van der Waals surface area contributed by atoms with Gasteiger partial charge in [0.25, 0.3) is 0 Å². The van der Waals surface area contributed by atoms with Crippen molar-refractivity contribution >= 4 is 5.91 Å². The van der Waals surface area contributed by atoms with Crippen LogP contribution >= 0.6 is 0 Å². The number of rotatable bonds is 1. The molecule has 3 nitrogen and oxygen atoms in total. The highest BCUT2D eigenvalue weighted by molar-refractivity contribution is 5.80. The van der Waals surface area contributed by atoms with Crippen LogP contribution in [0, 0.1) is 41.4 Å². The molecular weight excluding hydrogens is 272 g/mol. The Balaban J connectivity index is 1.30. The Hall–Kier alpha value is -0.570. The molecule has 1 amide bonds. The second-order valence-corrected chi connectivity index (χ2v) is 9.04. The number of amides is 1. The number of hydrogen-bond acceptors (Lipinski definition) is 2. The quantitative estimate of drug-likeness (QED) is 0.807. The van der Waals surface area contributed by atoms with Gasteiger partial charge in [-0.15, -0.1) is 0 Å². The molecular formula is C19H30N2O. The molecule has 6 fully saturated rings. The molecule has 0 aromatic heterocycles. The van der Waals surface area contributed by atoms with Crippen LogP contribution in [0.25, 0.3) is 0 Å². The number of carbonyl (C=O) groups excluding carboxylic acids is 1. The maximum atomic E-state index is 13.3. The summed E-state index contributed by atoms with van der Waals surface area (Å²) in [7, 11) is 0. The van der Waals surface area contributed by atoms with E-state index in [1.807, 2.05) is 0 Å². The molecule has 0 aromatic carbocycles. The van der Waals surface area contributed by atoms with Crippen molar-refractivity contribution in [3.05, 3.63) is 0 Å². The minimum Gasteiger partial charge on any atom is -0.342 e. The van der Waals surface area contributed by atoms with Crippen molar-refractivity contribution in [2.45, 2.75) is 44.9 Å². The van der Waals surface area contributed by atoms with Gasteiger partial charge in [-0.2, -0.15) is 0 Å². The molecule has 22 heavy (non-hydrogen) atoms. The minimum atomic E-state index is 0.406. The van der Waals surface area contributed by atoms with E-state index in [2.05, 4.69) is 10.2 Å². The molecule has 2 atom stereocenters. The summed E-state index contributed by atoms with van der Waals surface area (Å²) in [5, 5.41) is 3.54. The summed E-state index contributed by atoms with van der Waals surface area (Å²) in [4.78, 5) is 15.6. The molecule has 0 spiro atoms. The van der Waals surface area contributed by atoms with Crippen molar-refractivity contribution in [1.29, 1.82) is 0 Å². The monoisotopic (exact) mass is 302 g/mol. The second-order valence-electron chi connectivity index (χ2n) is 9.04. The molecule has 1 N–H and O–H groups in total. The molecule has 2 aliphatic heterocycles. The van der Waals surface area contributed by atoms with Gasteiger partial charge in [0.1, 0.15) is 0 Å². The standard InChI is InChI=1S/C19H30N2O/c22-19(21-3-1-14-10-20-11-15(14)2-4-21)18-16-6-12-5-13(8-16)9-17(18)7-12/h12-18,20H,1-11H2/t12?,13?,14-,15+,16?,17?,18?. The zero-order chi connectivity index (χ0) is 14.7. The molecule has 2 heterocycles. The third-order valence-corrected chi connectivity index (χ3v) is 7.84. The first kappa shape index (κ1) is 13.8. The van der Waals surface area contributed by atoms with Gasteiger partial charge in [-0.05, 0) is 93.5 Å². The fraction of sp³-hybridized carbons (Fsp3) is 0.947. The molecule has 122 valence electrons. The number of nitrogens with zero attached hydrogens (tertiary/aromatic N) is 1. The van der Waals surface area contributed by atoms with E-state index < -0.39 is 0 Å². The summed E-state index contributed by atoms with van der Waals surface area (Å²) in [5.41, 5.74) is 0. The van der Waals surface area contributed by atoms with Crippen LogP contribution in [0.2, 0.25) is 0 Å². The largest absolute Gasteiger partial charge is 0.342 e. The Morgan fingerprint density at radius 2 is 1.32 bits per heavy atom. The third kappa shape index (κ3) is 2.15. The normalized spacial score (nSPS) is 50.0. The topological polar surface area (TPSA) is 32.3 Å². The van der Waals surface area contributed by atoms with Crippen molar-refractivity contribution in [3.63, 3.8) is 0 Å². The van der Waals surface area contributed by atoms with Gasteiger partial charge < -0.3 is 10.2 Å². The lowest BCUT2D eigenvalue weighted by atomic mass is 9.51. The van der Waals surface area contributed by atoms with Gasteiger partial charge in [-0.3, -0.25) is 4.79 Å². The number of nitrogens with one attached hydrogen (secondary N) is 1. The highest BCUT2D eigenvalue weighted by Gasteiger charge is 2.51. The van der Waals surface area contributed by atoms with Gasteiger partial charge in [0.05, 0.1) is 0 Å². The predicted octanol–water partition coefficient (Wildman–Crippen LogP) is 2.52. The molecule has 3 heteroatoms. The zero-order valence-electron chi connectivity index (χ0n) is 13.7. The lowest BCUT2D eigenvalue weighted by molar-refractivity contribution is -0.149. The summed E-state index contributed by atoms with van der Waals surface area (Å²) in [6, 6.07) is 0. The van der Waals surface area contributed by atoms with Gasteiger partial charge in [-0.25, -0.2) is 0 Å². The number of carbonyl (C=O) groups is 1. The van der Waals surface area contributed by atoms with Crippen molar-refractivity contribution in [1.82, 2.24) is 10.2 Å². The molecule has 2 saturated heterocycles.